The third kappa shape index (κ3) is 11.8. The van der Waals surface area contributed by atoms with Crippen molar-refractivity contribution in [1.82, 2.24) is 0 Å². The second-order valence-corrected chi connectivity index (χ2v) is 20.7. The van der Waals surface area contributed by atoms with E-state index in [2.05, 4.69) is 57.2 Å². The quantitative estimate of drug-likeness (QED) is 0.0359. The van der Waals surface area contributed by atoms with Crippen LogP contribution in [0.1, 0.15) is 144 Å². The first-order valence-corrected chi connectivity index (χ1v) is 25.7. The zero-order valence-corrected chi connectivity index (χ0v) is 38.6. The smallest absolute Gasteiger partial charge is 0.346 e. The molecule has 1 N–H and O–H groups in total. The van der Waals surface area contributed by atoms with E-state index >= 15 is 0 Å². The van der Waals surface area contributed by atoms with Gasteiger partial charge in [0.2, 0.25) is 0 Å². The number of carboxylic acids is 1. The number of carboxylic acid groups (broad SMARTS) is 1. The molecule has 0 amide bonds. The number of carbonyl (C=O) groups is 1. The maximum Gasteiger partial charge on any atom is 0.346 e. The summed E-state index contributed by atoms with van der Waals surface area (Å²) in [5, 5.41) is 19.1. The van der Waals surface area contributed by atoms with Crippen molar-refractivity contribution in [2.45, 2.75) is 143 Å². The topological polar surface area (TPSA) is 79.6 Å². The predicted molar refractivity (Wildman–Crippen MR) is 252 cm³/mol. The first kappa shape index (κ1) is 44.4. The van der Waals surface area contributed by atoms with Gasteiger partial charge in [-0.3, -0.25) is 0 Å². The van der Waals surface area contributed by atoms with Crippen molar-refractivity contribution in [3.05, 3.63) is 62.9 Å². The highest BCUT2D eigenvalue weighted by Crippen LogP contribution is 2.53. The van der Waals surface area contributed by atoms with Crippen molar-refractivity contribution in [2.24, 2.45) is 0 Å². The molecular formula is C48H59NO4S5. The van der Waals surface area contributed by atoms with E-state index in [4.69, 9.17) is 9.47 Å². The lowest BCUT2D eigenvalue weighted by atomic mass is 10.0. The van der Waals surface area contributed by atoms with E-state index in [0.717, 1.165) is 42.1 Å². The summed E-state index contributed by atoms with van der Waals surface area (Å²) in [6, 6.07) is 15.6. The van der Waals surface area contributed by atoms with Gasteiger partial charge in [-0.15, -0.1) is 56.7 Å². The molecule has 0 saturated carbocycles. The summed E-state index contributed by atoms with van der Waals surface area (Å²) in [7, 11) is 0. The molecule has 58 heavy (non-hydrogen) atoms. The Bertz CT molecular complexity index is 2130. The molecule has 0 fully saturated rings. The molecule has 1 aliphatic heterocycles. The molecule has 0 unspecified atom stereocenters. The number of nitriles is 1. The minimum Gasteiger partial charge on any atom is -0.485 e. The third-order valence-corrected chi connectivity index (χ3v) is 17.1. The number of thiophene rings is 5. The third-order valence-electron chi connectivity index (χ3n) is 10.7. The molecule has 10 heteroatoms. The van der Waals surface area contributed by atoms with Gasteiger partial charge in [-0.2, -0.15) is 5.26 Å². The Balaban J connectivity index is 1.29. The van der Waals surface area contributed by atoms with E-state index in [1.165, 1.54) is 157 Å². The molecule has 0 radical (unpaired) electrons. The van der Waals surface area contributed by atoms with Crippen LogP contribution in [0.4, 0.5) is 0 Å². The van der Waals surface area contributed by atoms with Crippen LogP contribution in [-0.2, 0) is 24.1 Å². The van der Waals surface area contributed by atoms with E-state index in [1.54, 1.807) is 11.3 Å². The maximum atomic E-state index is 11.7. The Morgan fingerprint density at radius 3 is 1.72 bits per heavy atom. The molecule has 5 nitrogen and oxygen atoms in total. The normalized spacial score (nSPS) is 12.7. The SMILES string of the molecule is CCCCCCCCc1cc(/C=C(\C#N)C(=O)O)sc1-c1ccc(-c2sc(-c3ccc(-c4sc(CCCCCC)c5c4OCCO5)s3)cc2CCCCCCCC)s1. The second-order valence-electron chi connectivity index (χ2n) is 15.3. The second kappa shape index (κ2) is 23.0. The van der Waals surface area contributed by atoms with Gasteiger partial charge >= 0.3 is 5.97 Å². The summed E-state index contributed by atoms with van der Waals surface area (Å²) in [5.41, 5.74) is 2.46. The van der Waals surface area contributed by atoms with E-state index in [0.29, 0.717) is 13.2 Å². The van der Waals surface area contributed by atoms with Crippen LogP contribution in [0.2, 0.25) is 0 Å². The summed E-state index contributed by atoms with van der Waals surface area (Å²) in [6.07, 6.45) is 24.5. The van der Waals surface area contributed by atoms with E-state index in [1.807, 2.05) is 51.4 Å². The number of aryl methyl sites for hydroxylation is 3. The minimum absolute atomic E-state index is 0.226. The van der Waals surface area contributed by atoms with Crippen molar-refractivity contribution < 1.29 is 19.4 Å². The lowest BCUT2D eigenvalue weighted by molar-refractivity contribution is -0.132. The summed E-state index contributed by atoms with van der Waals surface area (Å²) < 4.78 is 12.5. The fourth-order valence-electron chi connectivity index (χ4n) is 7.56. The Hall–Kier alpha value is -3.20. The van der Waals surface area contributed by atoms with Gasteiger partial charge in [0.05, 0.1) is 9.75 Å². The molecule has 1 aliphatic rings. The van der Waals surface area contributed by atoms with E-state index < -0.39 is 5.97 Å². The molecule has 310 valence electrons. The minimum atomic E-state index is -1.18. The highest BCUT2D eigenvalue weighted by Gasteiger charge is 2.27. The number of hydrogen-bond donors (Lipinski definition) is 1. The Morgan fingerprint density at radius 2 is 1.10 bits per heavy atom. The van der Waals surface area contributed by atoms with Gasteiger partial charge in [-0.05, 0) is 92.1 Å². The fraction of sp³-hybridized carbons (Fsp3) is 0.500. The number of rotatable bonds is 25. The molecule has 5 aromatic rings. The van der Waals surface area contributed by atoms with Crippen LogP contribution in [0, 0.1) is 11.3 Å². The highest BCUT2D eigenvalue weighted by molar-refractivity contribution is 7.30. The van der Waals surface area contributed by atoms with Gasteiger partial charge < -0.3 is 14.6 Å². The first-order chi connectivity index (χ1) is 28.4. The van der Waals surface area contributed by atoms with Crippen LogP contribution >= 0.6 is 56.7 Å². The van der Waals surface area contributed by atoms with Gasteiger partial charge in [0, 0.05) is 39.0 Å². The monoisotopic (exact) mass is 873 g/mol. The molecule has 0 bridgehead atoms. The highest BCUT2D eigenvalue weighted by atomic mass is 32.1. The van der Waals surface area contributed by atoms with Gasteiger partial charge in [0.25, 0.3) is 0 Å². The first-order valence-electron chi connectivity index (χ1n) is 21.7. The summed E-state index contributed by atoms with van der Waals surface area (Å²) in [4.78, 5) is 24.0. The van der Waals surface area contributed by atoms with E-state index in [9.17, 15) is 15.2 Å². The van der Waals surface area contributed by atoms with Crippen LogP contribution in [0.5, 0.6) is 11.5 Å². The van der Waals surface area contributed by atoms with E-state index in [-0.39, 0.29) is 5.57 Å². The van der Waals surface area contributed by atoms with Crippen molar-refractivity contribution in [3.63, 3.8) is 0 Å². The lowest BCUT2D eigenvalue weighted by Gasteiger charge is -2.17. The number of nitrogens with zero attached hydrogens (tertiary/aromatic N) is 1. The standard InChI is InChI=1S/C48H59NO4S5/c1-4-7-10-13-15-17-20-33-29-36(30-35(32-49)48(50)51)54-45(33)39-25-26-40(56-39)46-34(21-18-16-14-11-8-5-2)31-42(58-46)37-23-24-41(55-37)47-44-43(52-27-28-53-44)38(57-47)22-19-12-9-6-3/h23-26,29-31H,4-22,27-28H2,1-3H3,(H,50,51)/b35-30+. The largest absolute Gasteiger partial charge is 0.485 e. The zero-order chi connectivity index (χ0) is 40.7. The average Bonchev–Trinajstić information content (AvgIpc) is 4.08. The van der Waals surface area contributed by atoms with Crippen molar-refractivity contribution >= 4 is 68.7 Å². The van der Waals surface area contributed by atoms with Crippen LogP contribution in [0.15, 0.2) is 42.0 Å². The molecule has 0 saturated heterocycles. The number of unbranched alkanes of at least 4 members (excludes halogenated alkanes) is 13. The van der Waals surface area contributed by atoms with Crippen LogP contribution in [0.25, 0.3) is 45.1 Å². The predicted octanol–water partition coefficient (Wildman–Crippen LogP) is 16.4. The van der Waals surface area contributed by atoms with Crippen molar-refractivity contribution in [3.8, 4) is 56.6 Å². The molecular weight excluding hydrogens is 815 g/mol. The maximum absolute atomic E-state index is 11.7. The molecule has 0 spiro atoms. The van der Waals surface area contributed by atoms with Crippen molar-refractivity contribution in [1.29, 1.82) is 5.26 Å². The van der Waals surface area contributed by atoms with Crippen LogP contribution in [0.3, 0.4) is 0 Å². The molecule has 0 atom stereocenters. The zero-order valence-electron chi connectivity index (χ0n) is 34.6. The summed E-state index contributed by atoms with van der Waals surface area (Å²) in [6.45, 7) is 7.99. The molecule has 0 aromatic carbocycles. The average molecular weight is 874 g/mol. The Labute approximate surface area is 366 Å². The molecule has 5 aromatic heterocycles. The Kier molecular flexibility index (Phi) is 17.6. The van der Waals surface area contributed by atoms with Crippen molar-refractivity contribution in [2.75, 3.05) is 13.2 Å². The number of aliphatic carboxylic acids is 1. The lowest BCUT2D eigenvalue weighted by Crippen LogP contribution is -2.15. The van der Waals surface area contributed by atoms with Crippen LogP contribution < -0.4 is 9.47 Å². The molecule has 6 rings (SSSR count). The Morgan fingerprint density at radius 1 is 0.603 bits per heavy atom. The molecule has 0 aliphatic carbocycles. The van der Waals surface area contributed by atoms with Gasteiger partial charge in [0.15, 0.2) is 11.5 Å². The number of hydrogen-bond acceptors (Lipinski definition) is 9. The number of ether oxygens (including phenoxy) is 2. The van der Waals surface area contributed by atoms with Gasteiger partial charge in [-0.1, -0.05) is 104 Å². The van der Waals surface area contributed by atoms with Crippen LogP contribution in [-0.4, -0.2) is 24.3 Å². The molecule has 6 heterocycles. The number of fused-ring (bicyclic) bond motifs is 1. The van der Waals surface area contributed by atoms with Gasteiger partial charge in [-0.25, -0.2) is 4.79 Å². The fourth-order valence-corrected chi connectivity index (χ4v) is 13.6. The summed E-state index contributed by atoms with van der Waals surface area (Å²) in [5.74, 6) is 0.728. The van der Waals surface area contributed by atoms with Gasteiger partial charge in [0.1, 0.15) is 24.9 Å². The summed E-state index contributed by atoms with van der Waals surface area (Å²) >= 11 is 9.08.